The van der Waals surface area contributed by atoms with E-state index >= 15 is 0 Å². The van der Waals surface area contributed by atoms with Crippen LogP contribution in [0.25, 0.3) is 0 Å². The van der Waals surface area contributed by atoms with E-state index in [4.69, 9.17) is 10.8 Å². The van der Waals surface area contributed by atoms with Crippen molar-refractivity contribution in [2.24, 2.45) is 28.9 Å². The third-order valence-electron chi connectivity index (χ3n) is 6.29. The molecule has 4 aliphatic rings. The van der Waals surface area contributed by atoms with Gasteiger partial charge in [-0.15, -0.1) is 0 Å². The zero-order chi connectivity index (χ0) is 15.3. The average Bonchev–Trinajstić information content (AvgIpc) is 2.35. The first-order chi connectivity index (χ1) is 9.80. The molecule has 4 fully saturated rings. The molecule has 1 atom stereocenters. The van der Waals surface area contributed by atoms with Gasteiger partial charge in [-0.3, -0.25) is 4.79 Å². The third kappa shape index (κ3) is 3.12. The highest BCUT2D eigenvalue weighted by Gasteiger charge is 2.50. The Morgan fingerprint density at radius 3 is 2.14 bits per heavy atom. The topological polar surface area (TPSA) is 63.3 Å². The smallest absolute Gasteiger partial charge is 0.321 e. The molecule has 4 bridgehead atoms. The second-order valence-corrected chi connectivity index (χ2v) is 10.2. The summed E-state index contributed by atoms with van der Waals surface area (Å²) in [7, 11) is 0. The Morgan fingerprint density at radius 2 is 1.71 bits per heavy atom. The summed E-state index contributed by atoms with van der Waals surface area (Å²) in [5.41, 5.74) is 6.41. The molecule has 0 unspecified atom stereocenters. The SMILES string of the molecule is CC(C)(SCCC12CC3CC(CC(C3)C1)C2)[C@H](N)C(=O)O. The van der Waals surface area contributed by atoms with E-state index in [-0.39, 0.29) is 4.75 Å². The lowest BCUT2D eigenvalue weighted by molar-refractivity contribution is -0.139. The van der Waals surface area contributed by atoms with Crippen molar-refractivity contribution in [1.82, 2.24) is 0 Å². The van der Waals surface area contributed by atoms with Gasteiger partial charge in [-0.1, -0.05) is 0 Å². The molecule has 4 aliphatic carbocycles. The molecular weight excluding hydrogens is 282 g/mol. The van der Waals surface area contributed by atoms with Crippen molar-refractivity contribution in [2.75, 3.05) is 5.75 Å². The fraction of sp³-hybridized carbons (Fsp3) is 0.941. The molecule has 0 heterocycles. The molecule has 4 rings (SSSR count). The summed E-state index contributed by atoms with van der Waals surface area (Å²) in [6.07, 6.45) is 10.0. The first-order valence-electron chi connectivity index (χ1n) is 8.42. The summed E-state index contributed by atoms with van der Waals surface area (Å²) in [5.74, 6) is 3.16. The molecule has 4 saturated carbocycles. The van der Waals surface area contributed by atoms with Crippen LogP contribution in [0.5, 0.6) is 0 Å². The molecule has 21 heavy (non-hydrogen) atoms. The summed E-state index contributed by atoms with van der Waals surface area (Å²) < 4.78 is -0.381. The minimum absolute atomic E-state index is 0.381. The van der Waals surface area contributed by atoms with Gasteiger partial charge in [0.25, 0.3) is 0 Å². The van der Waals surface area contributed by atoms with Gasteiger partial charge in [0.1, 0.15) is 6.04 Å². The molecule has 0 radical (unpaired) electrons. The molecule has 4 heteroatoms. The lowest BCUT2D eigenvalue weighted by Gasteiger charge is -2.57. The molecule has 0 spiro atoms. The van der Waals surface area contributed by atoms with Crippen LogP contribution in [0.2, 0.25) is 0 Å². The van der Waals surface area contributed by atoms with Crippen molar-refractivity contribution < 1.29 is 9.90 Å². The van der Waals surface area contributed by atoms with Gasteiger partial charge >= 0.3 is 5.97 Å². The summed E-state index contributed by atoms with van der Waals surface area (Å²) in [5, 5.41) is 9.11. The maximum absolute atomic E-state index is 11.1. The van der Waals surface area contributed by atoms with E-state index in [0.717, 1.165) is 23.5 Å². The summed E-state index contributed by atoms with van der Waals surface area (Å²) in [4.78, 5) is 11.1. The van der Waals surface area contributed by atoms with E-state index in [1.54, 1.807) is 11.8 Å². The van der Waals surface area contributed by atoms with Crippen LogP contribution in [0.1, 0.15) is 58.8 Å². The van der Waals surface area contributed by atoms with Gasteiger partial charge in [0, 0.05) is 4.75 Å². The zero-order valence-corrected chi connectivity index (χ0v) is 14.1. The Kier molecular flexibility index (Phi) is 4.07. The third-order valence-corrected chi connectivity index (χ3v) is 7.69. The van der Waals surface area contributed by atoms with Gasteiger partial charge in [0.05, 0.1) is 0 Å². The van der Waals surface area contributed by atoms with Gasteiger partial charge in [-0.05, 0) is 87.7 Å². The predicted octanol–water partition coefficient (Wildman–Crippen LogP) is 3.52. The maximum atomic E-state index is 11.1. The summed E-state index contributed by atoms with van der Waals surface area (Å²) in [6, 6.07) is -0.779. The van der Waals surface area contributed by atoms with Crippen molar-refractivity contribution in [3.05, 3.63) is 0 Å². The standard InChI is InChI=1S/C17H29NO2S/c1-16(2,14(18)15(19)20)21-4-3-17-8-11-5-12(9-17)7-13(6-11)10-17/h11-14H,3-10,18H2,1-2H3,(H,19,20)/t11?,12?,13?,14-,17?/m1/s1. The van der Waals surface area contributed by atoms with Crippen LogP contribution in [-0.4, -0.2) is 27.6 Å². The fourth-order valence-corrected chi connectivity index (χ4v) is 6.86. The van der Waals surface area contributed by atoms with Gasteiger partial charge < -0.3 is 10.8 Å². The molecule has 0 aromatic rings. The van der Waals surface area contributed by atoms with Crippen LogP contribution in [0.4, 0.5) is 0 Å². The van der Waals surface area contributed by atoms with Crippen LogP contribution in [-0.2, 0) is 4.79 Å². The number of aliphatic carboxylic acids is 1. The summed E-state index contributed by atoms with van der Waals surface area (Å²) >= 11 is 1.76. The highest BCUT2D eigenvalue weighted by atomic mass is 32.2. The molecule has 0 saturated heterocycles. The Morgan fingerprint density at radius 1 is 1.24 bits per heavy atom. The fourth-order valence-electron chi connectivity index (χ4n) is 5.51. The van der Waals surface area contributed by atoms with E-state index in [0.29, 0.717) is 5.41 Å². The predicted molar refractivity (Wildman–Crippen MR) is 87.4 cm³/mol. The van der Waals surface area contributed by atoms with E-state index in [2.05, 4.69) is 0 Å². The number of carboxylic acids is 1. The lowest BCUT2D eigenvalue weighted by atomic mass is 9.49. The number of nitrogens with two attached hydrogens (primary N) is 1. The molecule has 0 aromatic carbocycles. The quantitative estimate of drug-likeness (QED) is 0.788. The van der Waals surface area contributed by atoms with Gasteiger partial charge in [-0.25, -0.2) is 0 Å². The molecule has 120 valence electrons. The lowest BCUT2D eigenvalue weighted by Crippen LogP contribution is -2.48. The Hall–Kier alpha value is -0.220. The number of hydrogen-bond donors (Lipinski definition) is 2. The van der Waals surface area contributed by atoms with E-state index in [9.17, 15) is 4.79 Å². The Bertz CT molecular complexity index is 386. The Balaban J connectivity index is 1.55. The van der Waals surface area contributed by atoms with Gasteiger partial charge in [0.2, 0.25) is 0 Å². The minimum Gasteiger partial charge on any atom is -0.480 e. The number of rotatable bonds is 6. The Labute approximate surface area is 132 Å². The van der Waals surface area contributed by atoms with E-state index < -0.39 is 12.0 Å². The van der Waals surface area contributed by atoms with Crippen LogP contribution < -0.4 is 5.73 Å². The minimum atomic E-state index is -0.887. The van der Waals surface area contributed by atoms with Crippen molar-refractivity contribution in [3.8, 4) is 0 Å². The van der Waals surface area contributed by atoms with Crippen LogP contribution in [0.15, 0.2) is 0 Å². The first-order valence-corrected chi connectivity index (χ1v) is 9.41. The second-order valence-electron chi connectivity index (χ2n) is 8.44. The molecule has 3 N–H and O–H groups in total. The van der Waals surface area contributed by atoms with E-state index in [1.165, 1.54) is 44.9 Å². The van der Waals surface area contributed by atoms with Crippen molar-refractivity contribution in [3.63, 3.8) is 0 Å². The monoisotopic (exact) mass is 311 g/mol. The van der Waals surface area contributed by atoms with Gasteiger partial charge in [-0.2, -0.15) is 11.8 Å². The van der Waals surface area contributed by atoms with Crippen LogP contribution >= 0.6 is 11.8 Å². The number of carboxylic acid groups (broad SMARTS) is 1. The molecule has 3 nitrogen and oxygen atoms in total. The molecular formula is C17H29NO2S. The van der Waals surface area contributed by atoms with E-state index in [1.807, 2.05) is 13.8 Å². The van der Waals surface area contributed by atoms with Crippen molar-refractivity contribution in [2.45, 2.75) is 69.6 Å². The molecule has 0 aliphatic heterocycles. The van der Waals surface area contributed by atoms with Crippen molar-refractivity contribution >= 4 is 17.7 Å². The zero-order valence-electron chi connectivity index (χ0n) is 13.3. The highest BCUT2D eigenvalue weighted by molar-refractivity contribution is 8.00. The average molecular weight is 311 g/mol. The summed E-state index contributed by atoms with van der Waals surface area (Å²) in [6.45, 7) is 3.94. The first kappa shape index (κ1) is 15.7. The molecule has 0 amide bonds. The highest BCUT2D eigenvalue weighted by Crippen LogP contribution is 2.61. The maximum Gasteiger partial charge on any atom is 0.321 e. The number of carbonyl (C=O) groups is 1. The van der Waals surface area contributed by atoms with Gasteiger partial charge in [0.15, 0.2) is 0 Å². The number of thioether (sulfide) groups is 1. The van der Waals surface area contributed by atoms with Crippen molar-refractivity contribution in [1.29, 1.82) is 0 Å². The molecule has 0 aromatic heterocycles. The number of hydrogen-bond acceptors (Lipinski definition) is 3. The van der Waals surface area contributed by atoms with Crippen LogP contribution in [0, 0.1) is 23.2 Å². The largest absolute Gasteiger partial charge is 0.480 e. The van der Waals surface area contributed by atoms with Crippen LogP contribution in [0.3, 0.4) is 0 Å². The normalized spacial score (nSPS) is 39.5. The second kappa shape index (κ2) is 5.45.